The molecule has 158 valence electrons. The molecule has 4 aromatic rings. The Labute approximate surface area is 188 Å². The van der Waals surface area contributed by atoms with Crippen LogP contribution in [-0.2, 0) is 11.3 Å². The van der Waals surface area contributed by atoms with E-state index in [1.165, 1.54) is 23.9 Å². The van der Waals surface area contributed by atoms with Crippen LogP contribution in [0.5, 0.6) is 0 Å². The Morgan fingerprint density at radius 2 is 1.97 bits per heavy atom. The van der Waals surface area contributed by atoms with Crippen molar-refractivity contribution >= 4 is 56.6 Å². The molecule has 4 rings (SSSR count). The van der Waals surface area contributed by atoms with E-state index in [9.17, 15) is 18.8 Å². The maximum atomic E-state index is 14.0. The van der Waals surface area contributed by atoms with Gasteiger partial charge in [0.25, 0.3) is 5.56 Å². The van der Waals surface area contributed by atoms with Crippen LogP contribution in [0, 0.1) is 5.82 Å². The van der Waals surface area contributed by atoms with E-state index in [-0.39, 0.29) is 21.1 Å². The quantitative estimate of drug-likeness (QED) is 0.443. The third kappa shape index (κ3) is 4.14. The number of halogens is 2. The van der Waals surface area contributed by atoms with Crippen LogP contribution in [0.15, 0.2) is 62.5 Å². The number of hydrogen-bond donors (Lipinski definition) is 1. The molecular formula is C20H14ClFN4O3S2. The van der Waals surface area contributed by atoms with Gasteiger partial charge in [0.1, 0.15) is 17.1 Å². The Morgan fingerprint density at radius 1 is 1.23 bits per heavy atom. The Balaban J connectivity index is 1.82. The molecule has 0 aliphatic heterocycles. The van der Waals surface area contributed by atoms with Crippen LogP contribution in [0.25, 0.3) is 16.0 Å². The Kier molecular flexibility index (Phi) is 5.94. The first-order valence-electron chi connectivity index (χ1n) is 8.89. The molecule has 1 N–H and O–H groups in total. The summed E-state index contributed by atoms with van der Waals surface area (Å²) in [5.74, 6) is -1.35. The number of carbonyl (C=O) groups is 1. The van der Waals surface area contributed by atoms with Crippen LogP contribution in [0.2, 0.25) is 5.02 Å². The molecule has 0 saturated carbocycles. The van der Waals surface area contributed by atoms with Crippen molar-refractivity contribution in [1.82, 2.24) is 14.1 Å². The molecule has 0 saturated heterocycles. The zero-order valence-corrected chi connectivity index (χ0v) is 18.4. The minimum Gasteiger partial charge on any atom is -0.322 e. The fourth-order valence-corrected chi connectivity index (χ4v) is 4.63. The van der Waals surface area contributed by atoms with E-state index in [0.717, 1.165) is 26.5 Å². The molecule has 0 unspecified atom stereocenters. The molecule has 0 radical (unpaired) electrons. The van der Waals surface area contributed by atoms with Gasteiger partial charge in [0, 0.05) is 5.02 Å². The molecule has 2 heterocycles. The maximum Gasteiger partial charge on any atom is 0.337 e. The molecule has 7 nitrogen and oxygen atoms in total. The van der Waals surface area contributed by atoms with E-state index in [1.54, 1.807) is 36.6 Å². The number of anilines is 1. The van der Waals surface area contributed by atoms with Crippen molar-refractivity contribution in [2.75, 3.05) is 11.6 Å². The van der Waals surface area contributed by atoms with Gasteiger partial charge in [-0.25, -0.2) is 18.7 Å². The van der Waals surface area contributed by atoms with Crippen molar-refractivity contribution in [2.45, 2.75) is 10.9 Å². The second-order valence-corrected chi connectivity index (χ2v) is 8.84. The molecule has 2 aromatic heterocycles. The van der Waals surface area contributed by atoms with Crippen LogP contribution in [0.4, 0.5) is 10.1 Å². The van der Waals surface area contributed by atoms with E-state index in [2.05, 4.69) is 10.3 Å². The third-order valence-corrected chi connectivity index (χ3v) is 6.61. The highest BCUT2D eigenvalue weighted by Gasteiger charge is 2.20. The largest absolute Gasteiger partial charge is 0.337 e. The van der Waals surface area contributed by atoms with Crippen molar-refractivity contribution in [3.8, 4) is 5.69 Å². The highest BCUT2D eigenvalue weighted by molar-refractivity contribution is 8.00. The number of carbonyl (C=O) groups excluding carboxylic acids is 1. The second kappa shape index (κ2) is 8.66. The summed E-state index contributed by atoms with van der Waals surface area (Å²) in [5.41, 5.74) is -0.810. The summed E-state index contributed by atoms with van der Waals surface area (Å²) in [6.45, 7) is -0.456. The van der Waals surface area contributed by atoms with Crippen LogP contribution >= 0.6 is 34.7 Å². The number of thiazole rings is 1. The number of fused-ring (bicyclic) bond motifs is 1. The van der Waals surface area contributed by atoms with Crippen LogP contribution in [0.3, 0.4) is 0 Å². The monoisotopic (exact) mass is 476 g/mol. The van der Waals surface area contributed by atoms with Crippen molar-refractivity contribution in [3.05, 3.63) is 80.2 Å². The number of nitrogens with one attached hydrogen (secondary N) is 1. The van der Waals surface area contributed by atoms with Gasteiger partial charge in [-0.05, 0) is 36.6 Å². The smallest absolute Gasteiger partial charge is 0.322 e. The van der Waals surface area contributed by atoms with E-state index >= 15 is 0 Å². The predicted molar refractivity (Wildman–Crippen MR) is 121 cm³/mol. The lowest BCUT2D eigenvalue weighted by Crippen LogP contribution is -2.40. The minimum atomic E-state index is -0.714. The topological polar surface area (TPSA) is 86.0 Å². The summed E-state index contributed by atoms with van der Waals surface area (Å²) in [7, 11) is 0. The molecule has 0 bridgehead atoms. The van der Waals surface area contributed by atoms with Gasteiger partial charge in [0.05, 0.1) is 11.4 Å². The van der Waals surface area contributed by atoms with Crippen molar-refractivity contribution < 1.29 is 9.18 Å². The normalized spacial score (nSPS) is 11.1. The Bertz CT molecular complexity index is 1420. The first kappa shape index (κ1) is 21.3. The number of benzene rings is 2. The number of amides is 1. The molecule has 0 aliphatic carbocycles. The van der Waals surface area contributed by atoms with Gasteiger partial charge >= 0.3 is 5.69 Å². The predicted octanol–water partition coefficient (Wildman–Crippen LogP) is 3.76. The van der Waals surface area contributed by atoms with Gasteiger partial charge in [-0.3, -0.25) is 14.2 Å². The molecular weight excluding hydrogens is 463 g/mol. The molecule has 0 aliphatic rings. The van der Waals surface area contributed by atoms with Crippen molar-refractivity contribution in [2.24, 2.45) is 0 Å². The van der Waals surface area contributed by atoms with E-state index < -0.39 is 29.5 Å². The molecule has 11 heteroatoms. The number of aromatic nitrogens is 3. The van der Waals surface area contributed by atoms with Gasteiger partial charge in [-0.2, -0.15) is 0 Å². The highest BCUT2D eigenvalue weighted by Crippen LogP contribution is 2.25. The number of para-hydroxylation sites is 1. The van der Waals surface area contributed by atoms with Gasteiger partial charge < -0.3 is 5.32 Å². The Morgan fingerprint density at radius 3 is 2.65 bits per heavy atom. The van der Waals surface area contributed by atoms with Gasteiger partial charge in [-0.15, -0.1) is 11.3 Å². The Hall–Kier alpha value is -2.95. The van der Waals surface area contributed by atoms with E-state index in [0.29, 0.717) is 10.0 Å². The average Bonchev–Trinajstić information content (AvgIpc) is 3.19. The summed E-state index contributed by atoms with van der Waals surface area (Å²) >= 11 is 8.20. The lowest BCUT2D eigenvalue weighted by atomic mass is 10.3. The summed E-state index contributed by atoms with van der Waals surface area (Å²) in [6.07, 6.45) is 1.80. The molecule has 2 aromatic carbocycles. The maximum absolute atomic E-state index is 14.0. The van der Waals surface area contributed by atoms with Gasteiger partial charge in [0.15, 0.2) is 9.99 Å². The summed E-state index contributed by atoms with van der Waals surface area (Å²) in [6, 6.07) is 12.2. The zero-order valence-electron chi connectivity index (χ0n) is 16.0. The molecule has 0 atom stereocenters. The molecule has 0 fully saturated rings. The highest BCUT2D eigenvalue weighted by atomic mass is 35.5. The standard InChI is InChI=1S/C20H14ClFN4O3S2/c1-30-19-24-17-16(31-19)18(28)26(12-5-3-2-4-6-12)20(29)25(17)10-15(27)23-14-8-7-11(21)9-13(14)22/h2-9H,10H2,1H3,(H,23,27). The zero-order chi connectivity index (χ0) is 22.1. The van der Waals surface area contributed by atoms with Crippen LogP contribution in [-0.4, -0.2) is 26.3 Å². The number of hydrogen-bond acceptors (Lipinski definition) is 6. The molecule has 31 heavy (non-hydrogen) atoms. The lowest BCUT2D eigenvalue weighted by molar-refractivity contribution is -0.116. The van der Waals surface area contributed by atoms with Crippen LogP contribution < -0.4 is 16.6 Å². The molecule has 1 amide bonds. The third-order valence-electron chi connectivity index (χ3n) is 4.36. The average molecular weight is 477 g/mol. The minimum absolute atomic E-state index is 0.0712. The molecule has 0 spiro atoms. The first-order chi connectivity index (χ1) is 14.9. The van der Waals surface area contributed by atoms with Crippen LogP contribution in [0.1, 0.15) is 0 Å². The van der Waals surface area contributed by atoms with Gasteiger partial charge in [0.2, 0.25) is 5.91 Å². The summed E-state index contributed by atoms with van der Waals surface area (Å²) in [5, 5.41) is 2.61. The SMILES string of the molecule is CSc1nc2c(s1)c(=O)n(-c1ccccc1)c(=O)n2CC(=O)Nc1ccc(Cl)cc1F. The first-order valence-corrected chi connectivity index (χ1v) is 11.3. The van der Waals surface area contributed by atoms with Gasteiger partial charge in [-0.1, -0.05) is 41.6 Å². The lowest BCUT2D eigenvalue weighted by Gasteiger charge is -2.12. The number of nitrogens with zero attached hydrogens (tertiary/aromatic N) is 3. The number of rotatable bonds is 5. The summed E-state index contributed by atoms with van der Waals surface area (Å²) in [4.78, 5) is 43.2. The van der Waals surface area contributed by atoms with Crippen molar-refractivity contribution in [3.63, 3.8) is 0 Å². The fraction of sp³-hybridized carbons (Fsp3) is 0.100. The summed E-state index contributed by atoms with van der Waals surface area (Å²) < 4.78 is 17.0. The number of thioether (sulfide) groups is 1. The second-order valence-electron chi connectivity index (χ2n) is 6.35. The fourth-order valence-electron chi connectivity index (χ4n) is 2.97. The van der Waals surface area contributed by atoms with E-state index in [1.807, 2.05) is 0 Å². The van der Waals surface area contributed by atoms with Crippen molar-refractivity contribution in [1.29, 1.82) is 0 Å². The van der Waals surface area contributed by atoms with E-state index in [4.69, 9.17) is 11.6 Å².